The van der Waals surface area contributed by atoms with E-state index >= 15 is 0 Å². The molecule has 1 amide bonds. The van der Waals surface area contributed by atoms with Crippen molar-refractivity contribution in [3.8, 4) is 0 Å². The number of halogens is 1. The minimum atomic E-state index is -0.0842. The monoisotopic (exact) mass is 265 g/mol. The summed E-state index contributed by atoms with van der Waals surface area (Å²) in [4.78, 5) is 16.2. The van der Waals surface area contributed by atoms with Crippen molar-refractivity contribution >= 4 is 28.4 Å². The molecular formula is C13H16ClN3O. The van der Waals surface area contributed by atoms with Crippen LogP contribution >= 0.6 is 11.6 Å². The quantitative estimate of drug-likeness (QED) is 0.868. The molecule has 96 valence electrons. The van der Waals surface area contributed by atoms with E-state index in [1.165, 1.54) is 0 Å². The first-order valence-electron chi connectivity index (χ1n) is 5.95. The molecule has 0 aliphatic heterocycles. The summed E-state index contributed by atoms with van der Waals surface area (Å²) in [6.07, 6.45) is 2.54. The van der Waals surface area contributed by atoms with Crippen molar-refractivity contribution in [2.45, 2.75) is 26.3 Å². The van der Waals surface area contributed by atoms with Gasteiger partial charge in [0.05, 0.1) is 5.52 Å². The third-order valence-electron chi connectivity index (χ3n) is 3.12. The molecule has 1 unspecified atom stereocenters. The molecule has 0 spiro atoms. The number of carbonyl (C=O) groups is 1. The van der Waals surface area contributed by atoms with E-state index in [4.69, 9.17) is 11.6 Å². The first-order valence-corrected chi connectivity index (χ1v) is 6.33. The van der Waals surface area contributed by atoms with Crippen LogP contribution in [0.5, 0.6) is 0 Å². The lowest BCUT2D eigenvalue weighted by Gasteiger charge is -2.11. The van der Waals surface area contributed by atoms with E-state index in [-0.39, 0.29) is 11.9 Å². The van der Waals surface area contributed by atoms with Gasteiger partial charge in [-0.2, -0.15) is 0 Å². The van der Waals surface area contributed by atoms with E-state index in [0.29, 0.717) is 10.8 Å². The second-order valence-corrected chi connectivity index (χ2v) is 4.77. The molecular weight excluding hydrogens is 250 g/mol. The molecule has 1 N–H and O–H groups in total. The predicted octanol–water partition coefficient (Wildman–Crippen LogP) is 2.76. The molecule has 0 saturated heterocycles. The van der Waals surface area contributed by atoms with E-state index in [1.54, 1.807) is 10.8 Å². The number of rotatable bonds is 3. The van der Waals surface area contributed by atoms with Gasteiger partial charge in [0.1, 0.15) is 5.69 Å². The lowest BCUT2D eigenvalue weighted by atomic mass is 10.2. The second kappa shape index (κ2) is 4.98. The number of hydrogen-bond acceptors (Lipinski definition) is 2. The van der Waals surface area contributed by atoms with Crippen molar-refractivity contribution in [1.82, 2.24) is 14.9 Å². The van der Waals surface area contributed by atoms with E-state index in [0.717, 1.165) is 17.3 Å². The van der Waals surface area contributed by atoms with E-state index in [1.807, 2.05) is 33.0 Å². The third kappa shape index (κ3) is 2.20. The standard InChI is InChI=1S/C13H16ClN3O/c1-4-8(2)16-13(18)10-7-9-5-6-15-12(14)11(9)17(10)3/h5-8H,4H2,1-3H3,(H,16,18). The number of fused-ring (bicyclic) bond motifs is 1. The number of aromatic nitrogens is 2. The fourth-order valence-corrected chi connectivity index (χ4v) is 2.17. The average molecular weight is 266 g/mol. The van der Waals surface area contributed by atoms with Crippen LogP contribution in [0.1, 0.15) is 30.8 Å². The Morgan fingerprint density at radius 3 is 2.94 bits per heavy atom. The van der Waals surface area contributed by atoms with Gasteiger partial charge in [0.25, 0.3) is 5.91 Å². The molecule has 0 aliphatic rings. The van der Waals surface area contributed by atoms with Crippen molar-refractivity contribution in [3.63, 3.8) is 0 Å². The maximum atomic E-state index is 12.1. The smallest absolute Gasteiger partial charge is 0.268 e. The highest BCUT2D eigenvalue weighted by Gasteiger charge is 2.16. The van der Waals surface area contributed by atoms with Gasteiger partial charge in [0, 0.05) is 24.7 Å². The molecule has 2 aromatic rings. The minimum absolute atomic E-state index is 0.0842. The van der Waals surface area contributed by atoms with Crippen LogP contribution in [0.2, 0.25) is 5.15 Å². The maximum absolute atomic E-state index is 12.1. The molecule has 0 saturated carbocycles. The Morgan fingerprint density at radius 2 is 2.33 bits per heavy atom. The zero-order valence-electron chi connectivity index (χ0n) is 10.7. The Morgan fingerprint density at radius 1 is 1.61 bits per heavy atom. The number of hydrogen-bond donors (Lipinski definition) is 1. The van der Waals surface area contributed by atoms with Gasteiger partial charge in [-0.25, -0.2) is 4.98 Å². The van der Waals surface area contributed by atoms with Gasteiger partial charge in [0.2, 0.25) is 0 Å². The number of pyridine rings is 1. The SMILES string of the molecule is CCC(C)NC(=O)c1cc2ccnc(Cl)c2n1C. The van der Waals surface area contributed by atoms with Gasteiger partial charge in [-0.15, -0.1) is 0 Å². The minimum Gasteiger partial charge on any atom is -0.348 e. The van der Waals surface area contributed by atoms with E-state index in [2.05, 4.69) is 10.3 Å². The van der Waals surface area contributed by atoms with E-state index in [9.17, 15) is 4.79 Å². The molecule has 1 atom stereocenters. The summed E-state index contributed by atoms with van der Waals surface area (Å²) < 4.78 is 1.78. The van der Waals surface area contributed by atoms with Gasteiger partial charge in [-0.1, -0.05) is 18.5 Å². The highest BCUT2D eigenvalue weighted by Crippen LogP contribution is 2.24. The fourth-order valence-electron chi connectivity index (χ4n) is 1.87. The van der Waals surface area contributed by atoms with Crippen LogP contribution in [-0.2, 0) is 7.05 Å². The van der Waals surface area contributed by atoms with Gasteiger partial charge in [-0.3, -0.25) is 4.79 Å². The Kier molecular flexibility index (Phi) is 3.57. The molecule has 0 aliphatic carbocycles. The van der Waals surface area contributed by atoms with Crippen molar-refractivity contribution in [3.05, 3.63) is 29.2 Å². The second-order valence-electron chi connectivity index (χ2n) is 4.41. The van der Waals surface area contributed by atoms with Crippen LogP contribution in [-0.4, -0.2) is 21.5 Å². The number of amides is 1. The molecule has 2 heterocycles. The van der Waals surface area contributed by atoms with Crippen LogP contribution in [0.4, 0.5) is 0 Å². The van der Waals surface area contributed by atoms with Crippen molar-refractivity contribution < 1.29 is 4.79 Å². The van der Waals surface area contributed by atoms with Crippen LogP contribution in [0.3, 0.4) is 0 Å². The van der Waals surface area contributed by atoms with Crippen LogP contribution < -0.4 is 5.32 Å². The molecule has 0 bridgehead atoms. The summed E-state index contributed by atoms with van der Waals surface area (Å²) in [5, 5.41) is 4.28. The van der Waals surface area contributed by atoms with Crippen LogP contribution in [0.25, 0.3) is 10.9 Å². The van der Waals surface area contributed by atoms with Crippen LogP contribution in [0.15, 0.2) is 18.3 Å². The molecule has 2 rings (SSSR count). The van der Waals surface area contributed by atoms with Gasteiger partial charge in [0.15, 0.2) is 5.15 Å². The summed E-state index contributed by atoms with van der Waals surface area (Å²) in [5.74, 6) is -0.0842. The summed E-state index contributed by atoms with van der Waals surface area (Å²) in [5.41, 5.74) is 1.38. The number of nitrogens with one attached hydrogen (secondary N) is 1. The maximum Gasteiger partial charge on any atom is 0.268 e. The van der Waals surface area contributed by atoms with Crippen molar-refractivity contribution in [2.75, 3.05) is 0 Å². The lowest BCUT2D eigenvalue weighted by Crippen LogP contribution is -2.33. The summed E-state index contributed by atoms with van der Waals surface area (Å²) in [6, 6.07) is 3.84. The molecule has 0 fully saturated rings. The lowest BCUT2D eigenvalue weighted by molar-refractivity contribution is 0.0931. The Labute approximate surface area is 111 Å². The van der Waals surface area contributed by atoms with Crippen LogP contribution in [0, 0.1) is 0 Å². The topological polar surface area (TPSA) is 46.9 Å². The molecule has 5 heteroatoms. The largest absolute Gasteiger partial charge is 0.348 e. The Balaban J connectivity index is 2.43. The first-order chi connectivity index (χ1) is 8.54. The third-order valence-corrected chi connectivity index (χ3v) is 3.40. The van der Waals surface area contributed by atoms with Gasteiger partial charge >= 0.3 is 0 Å². The molecule has 18 heavy (non-hydrogen) atoms. The summed E-state index contributed by atoms with van der Waals surface area (Å²) >= 11 is 6.05. The normalized spacial score (nSPS) is 12.7. The zero-order valence-corrected chi connectivity index (χ0v) is 11.5. The van der Waals surface area contributed by atoms with Gasteiger partial charge in [-0.05, 0) is 25.5 Å². The molecule has 4 nitrogen and oxygen atoms in total. The Bertz CT molecular complexity index is 591. The van der Waals surface area contributed by atoms with Gasteiger partial charge < -0.3 is 9.88 Å². The van der Waals surface area contributed by atoms with E-state index < -0.39 is 0 Å². The Hall–Kier alpha value is -1.55. The van der Waals surface area contributed by atoms with Crippen molar-refractivity contribution in [1.29, 1.82) is 0 Å². The first kappa shape index (κ1) is 12.9. The summed E-state index contributed by atoms with van der Waals surface area (Å²) in [7, 11) is 1.82. The highest BCUT2D eigenvalue weighted by atomic mass is 35.5. The van der Waals surface area contributed by atoms with Crippen molar-refractivity contribution in [2.24, 2.45) is 7.05 Å². The predicted molar refractivity (Wildman–Crippen MR) is 72.9 cm³/mol. The molecule has 0 aromatic carbocycles. The number of aryl methyl sites for hydroxylation is 1. The zero-order chi connectivity index (χ0) is 13.3. The summed E-state index contributed by atoms with van der Waals surface area (Å²) in [6.45, 7) is 4.02. The number of nitrogens with zero attached hydrogens (tertiary/aromatic N) is 2. The molecule has 0 radical (unpaired) electrons. The average Bonchev–Trinajstić information content (AvgIpc) is 2.68. The molecule has 2 aromatic heterocycles. The number of carbonyl (C=O) groups excluding carboxylic acids is 1. The highest BCUT2D eigenvalue weighted by molar-refractivity contribution is 6.34. The fraction of sp³-hybridized carbons (Fsp3) is 0.385.